The van der Waals surface area contributed by atoms with Crippen LogP contribution in [0.3, 0.4) is 0 Å². The molecule has 4 amide bonds. The molecule has 0 saturated carbocycles. The van der Waals surface area contributed by atoms with Gasteiger partial charge in [-0.15, -0.1) is 0 Å². The maximum absolute atomic E-state index is 12.6. The Hall–Kier alpha value is -5.46. The van der Waals surface area contributed by atoms with Crippen LogP contribution in [0.1, 0.15) is 38.8 Å². The molecule has 0 aliphatic rings. The van der Waals surface area contributed by atoms with Crippen LogP contribution in [-0.4, -0.2) is 45.4 Å². The standard InChI is InChI=1S/C35H34Cl2N4O8/c1-34(2,30(42)43)48-24-11-7-22(8-12-24)38-32(46)40-28-15-5-20(18-26(28)36)17-21-6-16-29(27(37)19-21)41-33(47)39-23-9-13-25(14-10-23)49-35(3,4)31(44)45/h5-16,18-19H,17H2,1-4H3,(H,42,43)(H,44,45)(H2,38,40,46)(H2,39,41,47). The number of amides is 4. The largest absolute Gasteiger partial charge is 0.478 e. The van der Waals surface area contributed by atoms with Crippen LogP contribution in [0.2, 0.25) is 10.0 Å². The Balaban J connectivity index is 1.29. The van der Waals surface area contributed by atoms with Gasteiger partial charge in [0.2, 0.25) is 0 Å². The summed E-state index contributed by atoms with van der Waals surface area (Å²) in [5.41, 5.74) is 0.593. The highest BCUT2D eigenvalue weighted by Crippen LogP contribution is 2.29. The fraction of sp³-hybridized carbons (Fsp3) is 0.200. The average molecular weight is 710 g/mol. The number of anilines is 4. The molecule has 6 N–H and O–H groups in total. The van der Waals surface area contributed by atoms with Gasteiger partial charge in [-0.2, -0.15) is 0 Å². The number of carboxylic acid groups (broad SMARTS) is 2. The van der Waals surface area contributed by atoms with Crippen LogP contribution in [0.25, 0.3) is 0 Å². The van der Waals surface area contributed by atoms with Gasteiger partial charge in [0.25, 0.3) is 0 Å². The normalized spacial score (nSPS) is 11.2. The molecule has 0 aliphatic heterocycles. The maximum Gasteiger partial charge on any atom is 0.347 e. The Kier molecular flexibility index (Phi) is 11.3. The number of hydrogen-bond donors (Lipinski definition) is 6. The maximum atomic E-state index is 12.6. The van der Waals surface area contributed by atoms with Crippen molar-refractivity contribution in [1.29, 1.82) is 0 Å². The summed E-state index contributed by atoms with van der Waals surface area (Å²) < 4.78 is 10.9. The molecule has 0 fully saturated rings. The fourth-order valence-corrected chi connectivity index (χ4v) is 4.73. The van der Waals surface area contributed by atoms with E-state index in [1.807, 2.05) is 12.1 Å². The van der Waals surface area contributed by atoms with E-state index < -0.39 is 35.2 Å². The van der Waals surface area contributed by atoms with Gasteiger partial charge in [-0.25, -0.2) is 19.2 Å². The molecule has 0 saturated heterocycles. The van der Waals surface area contributed by atoms with Crippen molar-refractivity contribution in [3.8, 4) is 11.5 Å². The molecule has 0 aliphatic carbocycles. The first-order chi connectivity index (χ1) is 23.0. The van der Waals surface area contributed by atoms with E-state index in [2.05, 4.69) is 21.3 Å². The second kappa shape index (κ2) is 15.2. The number of carbonyl (C=O) groups is 4. The SMILES string of the molecule is CC(C)(Oc1ccc(NC(=O)Nc2ccc(Cc3ccc(NC(=O)Nc4ccc(OC(C)(C)C(=O)O)cc4)c(Cl)c3)cc2Cl)cc1)C(=O)O. The molecular weight excluding hydrogens is 675 g/mol. The molecule has 0 atom stereocenters. The number of hydrogen-bond acceptors (Lipinski definition) is 6. The van der Waals surface area contributed by atoms with Crippen LogP contribution >= 0.6 is 23.2 Å². The van der Waals surface area contributed by atoms with E-state index in [1.54, 1.807) is 72.8 Å². The first-order valence-electron chi connectivity index (χ1n) is 14.8. The van der Waals surface area contributed by atoms with E-state index in [4.69, 9.17) is 32.7 Å². The summed E-state index contributed by atoms with van der Waals surface area (Å²) >= 11 is 12.9. The van der Waals surface area contributed by atoms with Gasteiger partial charge >= 0.3 is 24.0 Å². The molecule has 256 valence electrons. The van der Waals surface area contributed by atoms with Crippen LogP contribution in [0.4, 0.5) is 32.3 Å². The topological polar surface area (TPSA) is 175 Å². The number of carboxylic acids is 2. The van der Waals surface area contributed by atoms with Crippen molar-refractivity contribution in [2.75, 3.05) is 21.3 Å². The summed E-state index contributed by atoms with van der Waals surface area (Å²) in [4.78, 5) is 47.7. The van der Waals surface area contributed by atoms with Gasteiger partial charge in [0.05, 0.1) is 21.4 Å². The van der Waals surface area contributed by atoms with Gasteiger partial charge in [0.15, 0.2) is 11.2 Å². The van der Waals surface area contributed by atoms with E-state index in [9.17, 15) is 29.4 Å². The van der Waals surface area contributed by atoms with Crippen molar-refractivity contribution in [3.05, 3.63) is 106 Å². The summed E-state index contributed by atoms with van der Waals surface area (Å²) in [6, 6.07) is 21.9. The summed E-state index contributed by atoms with van der Waals surface area (Å²) in [5.74, 6) is -1.53. The monoisotopic (exact) mass is 708 g/mol. The minimum absolute atomic E-state index is 0.318. The first-order valence-corrected chi connectivity index (χ1v) is 15.5. The summed E-state index contributed by atoms with van der Waals surface area (Å²) in [5, 5.41) is 29.8. The van der Waals surface area contributed by atoms with Gasteiger partial charge in [-0.05, 0) is 118 Å². The van der Waals surface area contributed by atoms with Gasteiger partial charge in [0, 0.05) is 11.4 Å². The zero-order valence-corrected chi connectivity index (χ0v) is 28.4. The van der Waals surface area contributed by atoms with Gasteiger partial charge in [-0.3, -0.25) is 0 Å². The Labute approximate surface area is 292 Å². The van der Waals surface area contributed by atoms with Crippen LogP contribution < -0.4 is 30.7 Å². The third-order valence-electron chi connectivity index (χ3n) is 6.97. The molecule has 0 aromatic heterocycles. The minimum atomic E-state index is -1.40. The Morgan fingerprint density at radius 2 is 0.918 bits per heavy atom. The third-order valence-corrected chi connectivity index (χ3v) is 7.60. The van der Waals surface area contributed by atoms with E-state index in [-0.39, 0.29) is 0 Å². The minimum Gasteiger partial charge on any atom is -0.478 e. The van der Waals surface area contributed by atoms with Gasteiger partial charge in [0.1, 0.15) is 11.5 Å². The number of urea groups is 2. The van der Waals surface area contributed by atoms with Crippen molar-refractivity contribution >= 4 is 70.0 Å². The molecule has 12 nitrogen and oxygen atoms in total. The predicted octanol–water partition coefficient (Wildman–Crippen LogP) is 8.36. The summed E-state index contributed by atoms with van der Waals surface area (Å²) in [6.07, 6.45) is 0.471. The van der Waals surface area contributed by atoms with Crippen molar-refractivity contribution in [3.63, 3.8) is 0 Å². The lowest BCUT2D eigenvalue weighted by molar-refractivity contribution is -0.152. The van der Waals surface area contributed by atoms with E-state index in [1.165, 1.54) is 27.7 Å². The predicted molar refractivity (Wildman–Crippen MR) is 189 cm³/mol. The lowest BCUT2D eigenvalue weighted by Gasteiger charge is -2.21. The molecule has 4 aromatic rings. The number of carbonyl (C=O) groups excluding carboxylic acids is 2. The summed E-state index contributed by atoms with van der Waals surface area (Å²) in [7, 11) is 0. The van der Waals surface area contributed by atoms with Crippen LogP contribution in [0.15, 0.2) is 84.9 Å². The molecule has 4 rings (SSSR count). The molecular formula is C35H34Cl2N4O8. The highest BCUT2D eigenvalue weighted by Gasteiger charge is 2.30. The molecule has 49 heavy (non-hydrogen) atoms. The smallest absolute Gasteiger partial charge is 0.347 e. The zero-order valence-electron chi connectivity index (χ0n) is 26.9. The van der Waals surface area contributed by atoms with Crippen molar-refractivity contribution < 1.29 is 38.9 Å². The molecule has 14 heteroatoms. The number of ether oxygens (including phenoxy) is 2. The second-order valence-electron chi connectivity index (χ2n) is 11.8. The average Bonchev–Trinajstić information content (AvgIpc) is 3.01. The zero-order chi connectivity index (χ0) is 35.9. The van der Waals surface area contributed by atoms with Crippen molar-refractivity contribution in [2.45, 2.75) is 45.3 Å². The fourth-order valence-electron chi connectivity index (χ4n) is 4.23. The lowest BCUT2D eigenvalue weighted by Crippen LogP contribution is -2.37. The Morgan fingerprint density at radius 1 is 0.571 bits per heavy atom. The lowest BCUT2D eigenvalue weighted by atomic mass is 10.0. The highest BCUT2D eigenvalue weighted by atomic mass is 35.5. The summed E-state index contributed by atoms with van der Waals surface area (Å²) in [6.45, 7) is 5.75. The second-order valence-corrected chi connectivity index (χ2v) is 12.7. The van der Waals surface area contributed by atoms with Crippen molar-refractivity contribution in [2.24, 2.45) is 0 Å². The number of aliphatic carboxylic acids is 2. The molecule has 0 bridgehead atoms. The number of halogens is 2. The molecule has 0 unspecified atom stereocenters. The van der Waals surface area contributed by atoms with Gasteiger partial charge in [-0.1, -0.05) is 35.3 Å². The van der Waals surface area contributed by atoms with Crippen LogP contribution in [0, 0.1) is 0 Å². The quantitative estimate of drug-likeness (QED) is 0.0851. The first kappa shape index (κ1) is 36.4. The highest BCUT2D eigenvalue weighted by molar-refractivity contribution is 6.34. The molecule has 0 radical (unpaired) electrons. The third kappa shape index (κ3) is 10.3. The van der Waals surface area contributed by atoms with Crippen LogP contribution in [-0.2, 0) is 16.0 Å². The van der Waals surface area contributed by atoms with E-state index in [0.717, 1.165) is 11.1 Å². The van der Waals surface area contributed by atoms with Crippen LogP contribution in [0.5, 0.6) is 11.5 Å². The Bertz CT molecular complexity index is 1730. The van der Waals surface area contributed by atoms with Crippen molar-refractivity contribution in [1.82, 2.24) is 0 Å². The van der Waals surface area contributed by atoms with E-state index in [0.29, 0.717) is 50.7 Å². The number of rotatable bonds is 12. The number of nitrogens with one attached hydrogen (secondary N) is 4. The van der Waals surface area contributed by atoms with E-state index >= 15 is 0 Å². The Morgan fingerprint density at radius 3 is 1.22 bits per heavy atom. The number of benzene rings is 4. The molecule has 0 heterocycles. The molecule has 4 aromatic carbocycles. The van der Waals surface area contributed by atoms with Gasteiger partial charge < -0.3 is 41.0 Å². The molecule has 0 spiro atoms.